The highest BCUT2D eigenvalue weighted by Crippen LogP contribution is 2.36. The fourth-order valence-electron chi connectivity index (χ4n) is 2.10. The zero-order chi connectivity index (χ0) is 9.42. The van der Waals surface area contributed by atoms with Crippen LogP contribution < -0.4 is 5.73 Å². The van der Waals surface area contributed by atoms with Crippen LogP contribution in [0.15, 0.2) is 6.20 Å². The van der Waals surface area contributed by atoms with Gasteiger partial charge in [0, 0.05) is 0 Å². The molecule has 2 N–H and O–H groups in total. The molecule has 0 spiro atoms. The van der Waals surface area contributed by atoms with E-state index >= 15 is 0 Å². The summed E-state index contributed by atoms with van der Waals surface area (Å²) in [4.78, 5) is 0. The SMILES string of the molecule is CC1CCCC1n1ncc(I)c1N. The second-order valence-electron chi connectivity index (χ2n) is 3.80. The van der Waals surface area contributed by atoms with Crippen LogP contribution >= 0.6 is 22.6 Å². The quantitative estimate of drug-likeness (QED) is 0.808. The van der Waals surface area contributed by atoms with Crippen molar-refractivity contribution in [1.29, 1.82) is 0 Å². The highest BCUT2D eigenvalue weighted by molar-refractivity contribution is 14.1. The number of aromatic nitrogens is 2. The number of nitrogen functional groups attached to an aromatic ring is 1. The van der Waals surface area contributed by atoms with E-state index < -0.39 is 0 Å². The number of hydrogen-bond acceptors (Lipinski definition) is 2. The molecule has 2 atom stereocenters. The number of rotatable bonds is 1. The predicted molar refractivity (Wildman–Crippen MR) is 61.4 cm³/mol. The predicted octanol–water partition coefficient (Wildman–Crippen LogP) is 2.43. The standard InChI is InChI=1S/C9H14IN3/c1-6-3-2-4-8(6)13-9(11)7(10)5-12-13/h5-6,8H,2-4,11H2,1H3. The van der Waals surface area contributed by atoms with Gasteiger partial charge >= 0.3 is 0 Å². The summed E-state index contributed by atoms with van der Waals surface area (Å²) >= 11 is 2.23. The summed E-state index contributed by atoms with van der Waals surface area (Å²) in [6.07, 6.45) is 5.69. The molecule has 0 aliphatic heterocycles. The van der Waals surface area contributed by atoms with Gasteiger partial charge in [-0.1, -0.05) is 13.3 Å². The van der Waals surface area contributed by atoms with Gasteiger partial charge in [-0.05, 0) is 41.4 Å². The largest absolute Gasteiger partial charge is 0.383 e. The van der Waals surface area contributed by atoms with Gasteiger partial charge < -0.3 is 5.73 Å². The van der Waals surface area contributed by atoms with Crippen molar-refractivity contribution in [2.24, 2.45) is 5.92 Å². The van der Waals surface area contributed by atoms with Crippen LogP contribution in [0, 0.1) is 9.49 Å². The van der Waals surface area contributed by atoms with Crippen LogP contribution in [-0.4, -0.2) is 9.78 Å². The minimum absolute atomic E-state index is 0.531. The molecule has 1 aliphatic rings. The molecular weight excluding hydrogens is 277 g/mol. The van der Waals surface area contributed by atoms with E-state index in [-0.39, 0.29) is 0 Å². The van der Waals surface area contributed by atoms with Gasteiger partial charge in [-0.25, -0.2) is 4.68 Å². The Balaban J connectivity index is 2.29. The van der Waals surface area contributed by atoms with Gasteiger partial charge in [0.2, 0.25) is 0 Å². The monoisotopic (exact) mass is 291 g/mol. The van der Waals surface area contributed by atoms with Crippen molar-refractivity contribution in [3.8, 4) is 0 Å². The first-order valence-electron chi connectivity index (χ1n) is 4.68. The first-order valence-corrected chi connectivity index (χ1v) is 5.76. The maximum Gasteiger partial charge on any atom is 0.135 e. The molecule has 1 heterocycles. The van der Waals surface area contributed by atoms with E-state index in [1.807, 2.05) is 10.9 Å². The lowest BCUT2D eigenvalue weighted by Crippen LogP contribution is -2.15. The Morgan fingerprint density at radius 1 is 1.62 bits per heavy atom. The van der Waals surface area contributed by atoms with Crippen molar-refractivity contribution in [1.82, 2.24) is 9.78 Å². The fourth-order valence-corrected chi connectivity index (χ4v) is 2.48. The summed E-state index contributed by atoms with van der Waals surface area (Å²) in [6, 6.07) is 0.531. The first kappa shape index (κ1) is 9.30. The molecule has 2 rings (SSSR count). The van der Waals surface area contributed by atoms with Gasteiger partial charge in [-0.3, -0.25) is 0 Å². The topological polar surface area (TPSA) is 43.8 Å². The Bertz CT molecular complexity index is 308. The van der Waals surface area contributed by atoms with Gasteiger partial charge in [0.05, 0.1) is 15.8 Å². The minimum Gasteiger partial charge on any atom is -0.383 e. The molecule has 3 nitrogen and oxygen atoms in total. The highest BCUT2D eigenvalue weighted by Gasteiger charge is 2.27. The van der Waals surface area contributed by atoms with Gasteiger partial charge in [0.15, 0.2) is 0 Å². The van der Waals surface area contributed by atoms with E-state index in [2.05, 4.69) is 34.6 Å². The minimum atomic E-state index is 0.531. The third-order valence-corrected chi connectivity index (χ3v) is 3.75. The lowest BCUT2D eigenvalue weighted by atomic mass is 10.1. The van der Waals surface area contributed by atoms with E-state index in [4.69, 9.17) is 5.73 Å². The Morgan fingerprint density at radius 3 is 2.85 bits per heavy atom. The zero-order valence-corrected chi connectivity index (χ0v) is 9.86. The molecule has 72 valence electrons. The maximum absolute atomic E-state index is 5.94. The van der Waals surface area contributed by atoms with Crippen molar-refractivity contribution in [2.45, 2.75) is 32.2 Å². The van der Waals surface area contributed by atoms with Gasteiger partial charge in [0.1, 0.15) is 5.82 Å². The Labute approximate surface area is 91.8 Å². The molecule has 0 amide bonds. The zero-order valence-electron chi connectivity index (χ0n) is 7.70. The normalized spacial score (nSPS) is 28.2. The number of hydrogen-bond donors (Lipinski definition) is 1. The summed E-state index contributed by atoms with van der Waals surface area (Å²) in [5, 5.41) is 4.33. The molecule has 13 heavy (non-hydrogen) atoms. The van der Waals surface area contributed by atoms with Crippen LogP contribution in [0.4, 0.5) is 5.82 Å². The van der Waals surface area contributed by atoms with E-state index in [0.29, 0.717) is 6.04 Å². The van der Waals surface area contributed by atoms with Crippen LogP contribution in [0.2, 0.25) is 0 Å². The molecule has 4 heteroatoms. The smallest absolute Gasteiger partial charge is 0.135 e. The van der Waals surface area contributed by atoms with Crippen LogP contribution in [0.25, 0.3) is 0 Å². The van der Waals surface area contributed by atoms with Gasteiger partial charge in [-0.15, -0.1) is 0 Å². The number of nitrogens with zero attached hydrogens (tertiary/aromatic N) is 2. The fraction of sp³-hybridized carbons (Fsp3) is 0.667. The molecule has 2 unspecified atom stereocenters. The molecular formula is C9H14IN3. The highest BCUT2D eigenvalue weighted by atomic mass is 127. The molecule has 0 saturated heterocycles. The number of anilines is 1. The van der Waals surface area contributed by atoms with Crippen LogP contribution in [0.1, 0.15) is 32.2 Å². The average molecular weight is 291 g/mol. The third-order valence-electron chi connectivity index (χ3n) is 2.92. The molecule has 1 saturated carbocycles. The Kier molecular flexibility index (Phi) is 2.49. The molecule has 0 bridgehead atoms. The second kappa shape index (κ2) is 3.48. The lowest BCUT2D eigenvalue weighted by Gasteiger charge is -2.17. The molecule has 1 fully saturated rings. The lowest BCUT2D eigenvalue weighted by molar-refractivity contribution is 0.379. The summed E-state index contributed by atoms with van der Waals surface area (Å²) < 4.78 is 3.07. The van der Waals surface area contributed by atoms with E-state index in [1.54, 1.807) is 0 Å². The van der Waals surface area contributed by atoms with Gasteiger partial charge in [-0.2, -0.15) is 5.10 Å². The third kappa shape index (κ3) is 1.56. The molecule has 1 aromatic heterocycles. The average Bonchev–Trinajstić information content (AvgIpc) is 2.62. The first-order chi connectivity index (χ1) is 6.20. The molecule has 1 aliphatic carbocycles. The number of halogens is 1. The maximum atomic E-state index is 5.94. The van der Waals surface area contributed by atoms with Crippen LogP contribution in [0.3, 0.4) is 0 Å². The Morgan fingerprint density at radius 2 is 2.38 bits per heavy atom. The van der Waals surface area contributed by atoms with Crippen molar-refractivity contribution in [2.75, 3.05) is 5.73 Å². The van der Waals surface area contributed by atoms with Crippen molar-refractivity contribution < 1.29 is 0 Å². The van der Waals surface area contributed by atoms with Crippen molar-refractivity contribution in [3.05, 3.63) is 9.77 Å². The summed E-state index contributed by atoms with van der Waals surface area (Å²) in [6.45, 7) is 2.28. The second-order valence-corrected chi connectivity index (χ2v) is 4.96. The van der Waals surface area contributed by atoms with E-state index in [9.17, 15) is 0 Å². The van der Waals surface area contributed by atoms with Crippen LogP contribution in [0.5, 0.6) is 0 Å². The summed E-state index contributed by atoms with van der Waals surface area (Å²) in [7, 11) is 0. The Hall–Kier alpha value is -0.260. The van der Waals surface area contributed by atoms with Crippen molar-refractivity contribution >= 4 is 28.4 Å². The van der Waals surface area contributed by atoms with E-state index in [0.717, 1.165) is 15.3 Å². The van der Waals surface area contributed by atoms with Gasteiger partial charge in [0.25, 0.3) is 0 Å². The molecule has 1 aromatic rings. The van der Waals surface area contributed by atoms with Crippen LogP contribution in [-0.2, 0) is 0 Å². The summed E-state index contributed by atoms with van der Waals surface area (Å²) in [5.74, 6) is 1.55. The summed E-state index contributed by atoms with van der Waals surface area (Å²) in [5.41, 5.74) is 5.94. The van der Waals surface area contributed by atoms with Crippen molar-refractivity contribution in [3.63, 3.8) is 0 Å². The van der Waals surface area contributed by atoms with E-state index in [1.165, 1.54) is 19.3 Å². The molecule has 0 radical (unpaired) electrons. The molecule has 0 aromatic carbocycles. The number of nitrogens with two attached hydrogens (primary N) is 1.